The van der Waals surface area contributed by atoms with E-state index in [1.54, 1.807) is 0 Å². The van der Waals surface area contributed by atoms with Crippen molar-refractivity contribution in [3.63, 3.8) is 0 Å². The Bertz CT molecular complexity index is 258. The Kier molecular flexibility index (Phi) is 2.66. The lowest BCUT2D eigenvalue weighted by atomic mass is 9.80. The lowest BCUT2D eigenvalue weighted by Crippen LogP contribution is -2.50. The minimum absolute atomic E-state index is 0.00766. The van der Waals surface area contributed by atoms with E-state index in [0.717, 1.165) is 12.8 Å². The van der Waals surface area contributed by atoms with Crippen LogP contribution in [0.2, 0.25) is 0 Å². The molecule has 0 bridgehead atoms. The molecule has 0 radical (unpaired) electrons. The number of rotatable bonds is 4. The van der Waals surface area contributed by atoms with Crippen LogP contribution in [-0.2, 0) is 4.79 Å². The third kappa shape index (κ3) is 2.45. The quantitative estimate of drug-likeness (QED) is 0.736. The highest BCUT2D eigenvalue weighted by atomic mass is 19.3. The van der Waals surface area contributed by atoms with Gasteiger partial charge in [0.05, 0.1) is 0 Å². The summed E-state index contributed by atoms with van der Waals surface area (Å²) in [5.41, 5.74) is 5.51. The zero-order valence-corrected chi connectivity index (χ0v) is 8.51. The zero-order valence-electron chi connectivity index (χ0n) is 8.51. The third-order valence-corrected chi connectivity index (χ3v) is 3.23. The van der Waals surface area contributed by atoms with E-state index in [-0.39, 0.29) is 24.8 Å². The van der Waals surface area contributed by atoms with Crippen molar-refractivity contribution in [1.29, 1.82) is 0 Å². The molecule has 0 saturated heterocycles. The molecule has 86 valence electrons. The Morgan fingerprint density at radius 3 is 2.47 bits per heavy atom. The van der Waals surface area contributed by atoms with Gasteiger partial charge >= 0.3 is 0 Å². The van der Waals surface area contributed by atoms with Crippen molar-refractivity contribution < 1.29 is 13.6 Å². The van der Waals surface area contributed by atoms with Gasteiger partial charge in [-0.2, -0.15) is 0 Å². The van der Waals surface area contributed by atoms with Gasteiger partial charge in [-0.25, -0.2) is 8.78 Å². The van der Waals surface area contributed by atoms with Gasteiger partial charge in [0.2, 0.25) is 11.8 Å². The van der Waals surface area contributed by atoms with Crippen molar-refractivity contribution in [2.75, 3.05) is 6.54 Å². The van der Waals surface area contributed by atoms with Crippen LogP contribution in [-0.4, -0.2) is 24.4 Å². The summed E-state index contributed by atoms with van der Waals surface area (Å²) in [5.74, 6) is -2.91. The molecule has 3 N–H and O–H groups in total. The third-order valence-electron chi connectivity index (χ3n) is 3.23. The highest BCUT2D eigenvalue weighted by Gasteiger charge is 2.49. The molecule has 2 fully saturated rings. The topological polar surface area (TPSA) is 55.1 Å². The average molecular weight is 218 g/mol. The summed E-state index contributed by atoms with van der Waals surface area (Å²) in [6, 6.07) is -0.00766. The SMILES string of the molecule is NCC(NC(=O)C1CC(F)(F)C1)C1CC1. The fourth-order valence-corrected chi connectivity index (χ4v) is 2.01. The van der Waals surface area contributed by atoms with E-state index in [9.17, 15) is 13.6 Å². The summed E-state index contributed by atoms with van der Waals surface area (Å²) >= 11 is 0. The van der Waals surface area contributed by atoms with E-state index in [1.165, 1.54) is 0 Å². The maximum atomic E-state index is 12.5. The van der Waals surface area contributed by atoms with Gasteiger partial charge in [0.25, 0.3) is 0 Å². The van der Waals surface area contributed by atoms with Crippen LogP contribution in [0.1, 0.15) is 25.7 Å². The summed E-state index contributed by atoms with van der Waals surface area (Å²) < 4.78 is 25.1. The van der Waals surface area contributed by atoms with Gasteiger partial charge < -0.3 is 11.1 Å². The van der Waals surface area contributed by atoms with Crippen LogP contribution in [0.4, 0.5) is 8.78 Å². The van der Waals surface area contributed by atoms with E-state index in [1.807, 2.05) is 0 Å². The molecule has 1 atom stereocenters. The Labute approximate surface area is 87.4 Å². The second-order valence-corrected chi connectivity index (χ2v) is 4.65. The maximum absolute atomic E-state index is 12.5. The lowest BCUT2D eigenvalue weighted by molar-refractivity contribution is -0.150. The standard InChI is InChI=1S/C10H16F2N2O/c11-10(12)3-7(4-10)9(15)14-8(5-13)6-1-2-6/h6-8H,1-5,13H2,(H,14,15). The Morgan fingerprint density at radius 1 is 1.47 bits per heavy atom. The molecule has 3 nitrogen and oxygen atoms in total. The molecule has 2 aliphatic carbocycles. The first kappa shape index (κ1) is 10.8. The number of nitrogens with two attached hydrogens (primary N) is 1. The fourth-order valence-electron chi connectivity index (χ4n) is 2.01. The van der Waals surface area contributed by atoms with Crippen LogP contribution in [0.15, 0.2) is 0 Å². The molecule has 0 aromatic heterocycles. The van der Waals surface area contributed by atoms with Crippen LogP contribution in [0.5, 0.6) is 0 Å². The molecule has 2 aliphatic rings. The molecule has 0 spiro atoms. The van der Waals surface area contributed by atoms with E-state index in [4.69, 9.17) is 5.73 Å². The van der Waals surface area contributed by atoms with Crippen LogP contribution in [0.25, 0.3) is 0 Å². The molecule has 15 heavy (non-hydrogen) atoms. The highest BCUT2D eigenvalue weighted by Crippen LogP contribution is 2.42. The summed E-state index contributed by atoms with van der Waals surface area (Å²) in [4.78, 5) is 11.5. The summed E-state index contributed by atoms with van der Waals surface area (Å²) in [6.07, 6.45) is 1.56. The number of carbonyl (C=O) groups is 1. The fraction of sp³-hybridized carbons (Fsp3) is 0.900. The van der Waals surface area contributed by atoms with E-state index >= 15 is 0 Å². The van der Waals surface area contributed by atoms with E-state index in [0.29, 0.717) is 12.5 Å². The first-order chi connectivity index (χ1) is 7.02. The van der Waals surface area contributed by atoms with Gasteiger partial charge in [-0.15, -0.1) is 0 Å². The van der Waals surface area contributed by atoms with Crippen LogP contribution >= 0.6 is 0 Å². The molecule has 5 heteroatoms. The first-order valence-corrected chi connectivity index (χ1v) is 5.40. The van der Waals surface area contributed by atoms with Crippen LogP contribution < -0.4 is 11.1 Å². The van der Waals surface area contributed by atoms with Crippen molar-refractivity contribution in [3.8, 4) is 0 Å². The van der Waals surface area contributed by atoms with Crippen LogP contribution in [0, 0.1) is 11.8 Å². The Balaban J connectivity index is 1.77. The zero-order chi connectivity index (χ0) is 11.1. The van der Waals surface area contributed by atoms with Gasteiger partial charge in [0.1, 0.15) is 0 Å². The molecular formula is C10H16F2N2O. The Hall–Kier alpha value is -0.710. The molecule has 0 aromatic rings. The van der Waals surface area contributed by atoms with Crippen molar-refractivity contribution >= 4 is 5.91 Å². The number of hydrogen-bond acceptors (Lipinski definition) is 2. The van der Waals surface area contributed by atoms with Crippen LogP contribution in [0.3, 0.4) is 0 Å². The normalized spacial score (nSPS) is 26.9. The van der Waals surface area contributed by atoms with Crippen molar-refractivity contribution in [2.24, 2.45) is 17.6 Å². The molecule has 2 rings (SSSR count). The van der Waals surface area contributed by atoms with Crippen molar-refractivity contribution in [3.05, 3.63) is 0 Å². The molecular weight excluding hydrogens is 202 g/mol. The predicted octanol–water partition coefficient (Wildman–Crippen LogP) is 0.885. The summed E-state index contributed by atoms with van der Waals surface area (Å²) in [5, 5.41) is 2.77. The number of alkyl halides is 2. The largest absolute Gasteiger partial charge is 0.352 e. The van der Waals surface area contributed by atoms with Gasteiger partial charge in [0.15, 0.2) is 0 Å². The van der Waals surface area contributed by atoms with Gasteiger partial charge in [-0.3, -0.25) is 4.79 Å². The molecule has 1 unspecified atom stereocenters. The monoisotopic (exact) mass is 218 g/mol. The minimum Gasteiger partial charge on any atom is -0.352 e. The number of nitrogens with one attached hydrogen (secondary N) is 1. The highest BCUT2D eigenvalue weighted by molar-refractivity contribution is 5.80. The lowest BCUT2D eigenvalue weighted by Gasteiger charge is -2.34. The number of carbonyl (C=O) groups excluding carboxylic acids is 1. The van der Waals surface area contributed by atoms with Crippen molar-refractivity contribution in [1.82, 2.24) is 5.32 Å². The average Bonchev–Trinajstić information content (AvgIpc) is 2.92. The predicted molar refractivity (Wildman–Crippen MR) is 51.4 cm³/mol. The second-order valence-electron chi connectivity index (χ2n) is 4.65. The van der Waals surface area contributed by atoms with Gasteiger partial charge in [0, 0.05) is 31.3 Å². The molecule has 0 aromatic carbocycles. The second kappa shape index (κ2) is 3.70. The molecule has 2 saturated carbocycles. The van der Waals surface area contributed by atoms with E-state index < -0.39 is 11.8 Å². The molecule has 0 aliphatic heterocycles. The number of amides is 1. The molecule has 1 amide bonds. The van der Waals surface area contributed by atoms with Crippen molar-refractivity contribution in [2.45, 2.75) is 37.6 Å². The van der Waals surface area contributed by atoms with E-state index in [2.05, 4.69) is 5.32 Å². The summed E-state index contributed by atoms with van der Waals surface area (Å²) in [7, 11) is 0. The first-order valence-electron chi connectivity index (χ1n) is 5.40. The van der Waals surface area contributed by atoms with Gasteiger partial charge in [-0.1, -0.05) is 0 Å². The van der Waals surface area contributed by atoms with Gasteiger partial charge in [-0.05, 0) is 18.8 Å². The number of hydrogen-bond donors (Lipinski definition) is 2. The maximum Gasteiger partial charge on any atom is 0.249 e. The molecule has 0 heterocycles. The minimum atomic E-state index is -2.63. The Morgan fingerprint density at radius 2 is 2.07 bits per heavy atom. The smallest absolute Gasteiger partial charge is 0.249 e. The summed E-state index contributed by atoms with van der Waals surface area (Å²) in [6.45, 7) is 0.402. The number of halogens is 2.